The highest BCUT2D eigenvalue weighted by Gasteiger charge is 2.51. The van der Waals surface area contributed by atoms with Gasteiger partial charge in [0.2, 0.25) is 5.91 Å². The van der Waals surface area contributed by atoms with E-state index in [1.54, 1.807) is 11.9 Å². The molecule has 1 aromatic rings. The molecule has 2 amide bonds. The molecule has 0 saturated carbocycles. The number of ether oxygens (including phenoxy) is 2. The Hall–Kier alpha value is -2.87. The van der Waals surface area contributed by atoms with Crippen LogP contribution in [-0.4, -0.2) is 71.1 Å². The molecule has 0 radical (unpaired) electrons. The zero-order valence-electron chi connectivity index (χ0n) is 21.6. The van der Waals surface area contributed by atoms with Gasteiger partial charge in [0, 0.05) is 26.2 Å². The lowest BCUT2D eigenvalue weighted by atomic mass is 9.89. The molecule has 3 rings (SSSR count). The van der Waals surface area contributed by atoms with Crippen LogP contribution >= 0.6 is 0 Å². The predicted octanol–water partition coefficient (Wildman–Crippen LogP) is 3.65. The van der Waals surface area contributed by atoms with E-state index in [0.717, 1.165) is 12.0 Å². The van der Waals surface area contributed by atoms with Crippen molar-refractivity contribution in [1.29, 1.82) is 0 Å². The molecule has 0 aliphatic carbocycles. The number of fused-ring (bicyclic) bond motifs is 1. The van der Waals surface area contributed by atoms with E-state index in [1.165, 1.54) is 4.90 Å². The number of carbonyl (C=O) groups is 3. The first-order valence-electron chi connectivity index (χ1n) is 12.4. The van der Waals surface area contributed by atoms with Gasteiger partial charge in [0.05, 0.1) is 6.04 Å². The molecule has 192 valence electrons. The van der Waals surface area contributed by atoms with E-state index >= 15 is 0 Å². The average molecular weight is 486 g/mol. The maximum atomic E-state index is 13.6. The summed E-state index contributed by atoms with van der Waals surface area (Å²) < 4.78 is 11.1. The largest absolute Gasteiger partial charge is 0.459 e. The van der Waals surface area contributed by atoms with Crippen molar-refractivity contribution in [3.05, 3.63) is 48.0 Å². The van der Waals surface area contributed by atoms with Crippen molar-refractivity contribution in [1.82, 2.24) is 15.1 Å². The van der Waals surface area contributed by atoms with Crippen LogP contribution in [0.2, 0.25) is 0 Å². The fraction of sp³-hybridized carbons (Fsp3) is 0.593. The summed E-state index contributed by atoms with van der Waals surface area (Å²) in [6, 6.07) is 8.88. The summed E-state index contributed by atoms with van der Waals surface area (Å²) in [5.74, 6) is -0.453. The van der Waals surface area contributed by atoms with Crippen molar-refractivity contribution in [2.45, 2.75) is 83.2 Å². The Bertz CT molecular complexity index is 926. The van der Waals surface area contributed by atoms with E-state index in [4.69, 9.17) is 9.47 Å². The minimum absolute atomic E-state index is 0.101. The highest BCUT2D eigenvalue weighted by molar-refractivity contribution is 5.91. The van der Waals surface area contributed by atoms with Gasteiger partial charge < -0.3 is 24.6 Å². The zero-order chi connectivity index (χ0) is 25.6. The number of likely N-dealkylation sites (N-methyl/N-ethyl adjacent to an activating group) is 1. The van der Waals surface area contributed by atoms with Gasteiger partial charge in [-0.05, 0) is 58.9 Å². The Labute approximate surface area is 208 Å². The second-order valence-corrected chi connectivity index (χ2v) is 10.5. The van der Waals surface area contributed by atoms with Crippen LogP contribution in [0, 0.1) is 0 Å². The second-order valence-electron chi connectivity index (χ2n) is 10.5. The third-order valence-electron chi connectivity index (χ3n) is 6.64. The van der Waals surface area contributed by atoms with E-state index in [9.17, 15) is 14.4 Å². The molecule has 0 unspecified atom stereocenters. The molecule has 1 N–H and O–H groups in total. The summed E-state index contributed by atoms with van der Waals surface area (Å²) in [5.41, 5.74) is -0.633. The first-order valence-corrected chi connectivity index (χ1v) is 12.4. The number of carbonyl (C=O) groups excluding carboxylic acids is 3. The van der Waals surface area contributed by atoms with Gasteiger partial charge in [0.1, 0.15) is 17.7 Å². The van der Waals surface area contributed by atoms with Gasteiger partial charge in [-0.2, -0.15) is 0 Å². The van der Waals surface area contributed by atoms with Crippen LogP contribution in [0.1, 0.15) is 58.9 Å². The average Bonchev–Trinajstić information content (AvgIpc) is 3.24. The number of hydrogen-bond donors (Lipinski definition) is 1. The summed E-state index contributed by atoms with van der Waals surface area (Å²) in [7, 11) is 1.69. The van der Waals surface area contributed by atoms with E-state index in [1.807, 2.05) is 70.2 Å². The van der Waals surface area contributed by atoms with Gasteiger partial charge in [-0.1, -0.05) is 42.5 Å². The van der Waals surface area contributed by atoms with Gasteiger partial charge in [-0.15, -0.1) is 0 Å². The molecule has 1 saturated heterocycles. The molecule has 8 heteroatoms. The maximum Gasteiger partial charge on any atom is 0.410 e. The Morgan fingerprint density at radius 3 is 2.63 bits per heavy atom. The third-order valence-corrected chi connectivity index (χ3v) is 6.64. The SMILES string of the molecule is C[C@@H](CN[C@H]1C/C=C\C[C@@]2(C(=O)OCc3ccccc3)CCCN2C1=O)N(C)C(=O)OC(C)(C)C. The van der Waals surface area contributed by atoms with Gasteiger partial charge in [0.15, 0.2) is 0 Å². The fourth-order valence-corrected chi connectivity index (χ4v) is 4.50. The van der Waals surface area contributed by atoms with Crippen molar-refractivity contribution in [2.24, 2.45) is 0 Å². The maximum absolute atomic E-state index is 13.6. The second kappa shape index (κ2) is 11.2. The van der Waals surface area contributed by atoms with Crippen LogP contribution in [0.5, 0.6) is 0 Å². The molecule has 8 nitrogen and oxygen atoms in total. The molecule has 3 atom stereocenters. The molecule has 1 fully saturated rings. The summed E-state index contributed by atoms with van der Waals surface area (Å²) in [5, 5.41) is 3.32. The molecule has 2 aliphatic heterocycles. The van der Waals surface area contributed by atoms with Crippen molar-refractivity contribution < 1.29 is 23.9 Å². The smallest absolute Gasteiger partial charge is 0.410 e. The summed E-state index contributed by atoms with van der Waals surface area (Å²) in [6.07, 6.45) is 5.85. The number of rotatable bonds is 7. The lowest BCUT2D eigenvalue weighted by Crippen LogP contribution is -2.59. The van der Waals surface area contributed by atoms with E-state index in [0.29, 0.717) is 32.4 Å². The molecule has 0 spiro atoms. The number of esters is 1. The predicted molar refractivity (Wildman–Crippen MR) is 134 cm³/mol. The van der Waals surface area contributed by atoms with Crippen LogP contribution in [0.15, 0.2) is 42.5 Å². The molecule has 1 aromatic carbocycles. The standard InChI is InChI=1S/C27H39N3O5/c1-20(29(5)25(33)35-26(2,3)4)18-28-22-14-9-10-15-27(16-11-17-30(27)23(22)31)24(32)34-19-21-12-7-6-8-13-21/h6-10,12-13,20,22,28H,11,14-19H2,1-5H3/b10-9-/t20-,22-,27-/m0/s1. The number of hydrogen-bond acceptors (Lipinski definition) is 6. The summed E-state index contributed by atoms with van der Waals surface area (Å²) in [4.78, 5) is 42.5. The summed E-state index contributed by atoms with van der Waals surface area (Å²) in [6.45, 7) is 8.51. The van der Waals surface area contributed by atoms with Gasteiger partial charge in [-0.25, -0.2) is 9.59 Å². The van der Waals surface area contributed by atoms with E-state index < -0.39 is 23.3 Å². The van der Waals surface area contributed by atoms with Crippen LogP contribution in [0.3, 0.4) is 0 Å². The quantitative estimate of drug-likeness (QED) is 0.469. The zero-order valence-corrected chi connectivity index (χ0v) is 21.6. The Morgan fingerprint density at radius 2 is 1.94 bits per heavy atom. The third kappa shape index (κ3) is 6.63. The fourth-order valence-electron chi connectivity index (χ4n) is 4.50. The monoisotopic (exact) mass is 485 g/mol. The minimum atomic E-state index is -0.971. The highest BCUT2D eigenvalue weighted by atomic mass is 16.6. The van der Waals surface area contributed by atoms with Gasteiger partial charge in [0.25, 0.3) is 0 Å². The van der Waals surface area contributed by atoms with Crippen molar-refractivity contribution in [2.75, 3.05) is 20.1 Å². The lowest BCUT2D eigenvalue weighted by molar-refractivity contribution is -0.163. The van der Waals surface area contributed by atoms with Gasteiger partial charge >= 0.3 is 12.1 Å². The number of amides is 2. The van der Waals surface area contributed by atoms with Crippen molar-refractivity contribution >= 4 is 18.0 Å². The molecular formula is C27H39N3O5. The molecule has 0 aromatic heterocycles. The number of benzene rings is 1. The Balaban J connectivity index is 1.65. The van der Waals surface area contributed by atoms with E-state index in [-0.39, 0.29) is 24.5 Å². The lowest BCUT2D eigenvalue weighted by Gasteiger charge is -2.39. The highest BCUT2D eigenvalue weighted by Crippen LogP contribution is 2.36. The Morgan fingerprint density at radius 1 is 1.23 bits per heavy atom. The number of nitrogens with one attached hydrogen (secondary N) is 1. The first kappa shape index (κ1) is 26.7. The van der Waals surface area contributed by atoms with Crippen LogP contribution in [0.25, 0.3) is 0 Å². The normalized spacial score (nSPS) is 24.1. The molecule has 2 heterocycles. The van der Waals surface area contributed by atoms with Gasteiger partial charge in [-0.3, -0.25) is 4.79 Å². The van der Waals surface area contributed by atoms with Crippen LogP contribution in [-0.2, 0) is 25.7 Å². The minimum Gasteiger partial charge on any atom is -0.459 e. The number of nitrogens with zero attached hydrogens (tertiary/aromatic N) is 2. The molecule has 2 aliphatic rings. The first-order chi connectivity index (χ1) is 16.5. The summed E-state index contributed by atoms with van der Waals surface area (Å²) >= 11 is 0. The molecule has 0 bridgehead atoms. The van der Waals surface area contributed by atoms with Crippen LogP contribution < -0.4 is 5.32 Å². The van der Waals surface area contributed by atoms with E-state index in [2.05, 4.69) is 5.32 Å². The topological polar surface area (TPSA) is 88.2 Å². The molecule has 35 heavy (non-hydrogen) atoms. The van der Waals surface area contributed by atoms with Crippen molar-refractivity contribution in [3.63, 3.8) is 0 Å². The van der Waals surface area contributed by atoms with Crippen LogP contribution in [0.4, 0.5) is 4.79 Å². The van der Waals surface area contributed by atoms with Crippen molar-refractivity contribution in [3.8, 4) is 0 Å². The molecular weight excluding hydrogens is 446 g/mol. The Kier molecular flexibility index (Phi) is 8.59.